The lowest BCUT2D eigenvalue weighted by atomic mass is 9.81. The summed E-state index contributed by atoms with van der Waals surface area (Å²) in [6.45, 7) is 12.6. The Balaban J connectivity index is 1.17. The zero-order valence-electron chi connectivity index (χ0n) is 30.1. The molecular weight excluding hydrogens is 641 g/mol. The van der Waals surface area contributed by atoms with E-state index < -0.39 is 0 Å². The molecule has 9 rings (SSSR count). The maximum Gasteiger partial charge on any atom is 0.0541 e. The Morgan fingerprint density at radius 3 is 1.98 bits per heavy atom. The number of hydrogen-bond donors (Lipinski definition) is 0. The zero-order chi connectivity index (χ0) is 36.1. The molecule has 1 aromatic heterocycles. The van der Waals surface area contributed by atoms with Crippen molar-refractivity contribution >= 4 is 44.4 Å². The summed E-state index contributed by atoms with van der Waals surface area (Å²) in [5.41, 5.74) is 16.6. The molecule has 53 heavy (non-hydrogen) atoms. The van der Waals surface area contributed by atoms with Crippen LogP contribution in [-0.4, -0.2) is 4.57 Å². The summed E-state index contributed by atoms with van der Waals surface area (Å²) in [4.78, 5) is 2.42. The van der Waals surface area contributed by atoms with Gasteiger partial charge in [0.05, 0.1) is 16.7 Å². The van der Waals surface area contributed by atoms with Crippen LogP contribution in [-0.2, 0) is 5.41 Å². The Morgan fingerprint density at radius 1 is 0.585 bits per heavy atom. The fraction of sp³-hybridized carbons (Fsp3) is 0.0588. The highest BCUT2D eigenvalue weighted by molar-refractivity contribution is 6.10. The SMILES string of the molecule is C=C/C=C(\C=C)c1ccc(N(c2ccc(-c3ccc4c(c3)c3ccccc3n4-c3ccccc3)cc2)c2cccc3c2C(C)(C)c2ccccc2-3)cc1. The first-order valence-corrected chi connectivity index (χ1v) is 18.3. The topological polar surface area (TPSA) is 8.17 Å². The first-order chi connectivity index (χ1) is 26.0. The van der Waals surface area contributed by atoms with Crippen LogP contribution in [0.3, 0.4) is 0 Å². The second-order valence-electron chi connectivity index (χ2n) is 14.3. The van der Waals surface area contributed by atoms with Gasteiger partial charge in [-0.15, -0.1) is 0 Å². The van der Waals surface area contributed by atoms with Crippen LogP contribution >= 0.6 is 0 Å². The van der Waals surface area contributed by atoms with Gasteiger partial charge in [0, 0.05) is 33.2 Å². The summed E-state index contributed by atoms with van der Waals surface area (Å²) in [6, 6.07) is 59.7. The van der Waals surface area contributed by atoms with Gasteiger partial charge in [-0.1, -0.05) is 148 Å². The molecule has 0 saturated heterocycles. The lowest BCUT2D eigenvalue weighted by Crippen LogP contribution is -2.20. The Kier molecular flexibility index (Phi) is 7.82. The Bertz CT molecular complexity index is 2710. The molecule has 0 amide bonds. The first kappa shape index (κ1) is 32.3. The third-order valence-electron chi connectivity index (χ3n) is 10.9. The minimum Gasteiger partial charge on any atom is -0.310 e. The first-order valence-electron chi connectivity index (χ1n) is 18.3. The quantitative estimate of drug-likeness (QED) is 0.145. The van der Waals surface area contributed by atoms with Crippen LogP contribution in [0.15, 0.2) is 195 Å². The molecule has 254 valence electrons. The lowest BCUT2D eigenvalue weighted by molar-refractivity contribution is 0.661. The number of fused-ring (bicyclic) bond motifs is 6. The van der Waals surface area contributed by atoms with E-state index in [9.17, 15) is 0 Å². The molecule has 1 aliphatic rings. The van der Waals surface area contributed by atoms with E-state index in [2.05, 4.69) is 200 Å². The number of allylic oxidation sites excluding steroid dienone is 4. The van der Waals surface area contributed by atoms with E-state index in [0.717, 1.165) is 22.5 Å². The molecule has 0 N–H and O–H groups in total. The van der Waals surface area contributed by atoms with Crippen molar-refractivity contribution < 1.29 is 0 Å². The van der Waals surface area contributed by atoms with Gasteiger partial charge in [0.1, 0.15) is 0 Å². The van der Waals surface area contributed by atoms with Crippen molar-refractivity contribution in [3.05, 3.63) is 212 Å². The van der Waals surface area contributed by atoms with Crippen molar-refractivity contribution in [2.24, 2.45) is 0 Å². The maximum atomic E-state index is 4.04. The van der Waals surface area contributed by atoms with Gasteiger partial charge < -0.3 is 9.47 Å². The molecular formula is C51H40N2. The van der Waals surface area contributed by atoms with Crippen LogP contribution in [0.5, 0.6) is 0 Å². The molecule has 7 aromatic carbocycles. The van der Waals surface area contributed by atoms with Crippen LogP contribution < -0.4 is 4.90 Å². The molecule has 0 unspecified atom stereocenters. The third kappa shape index (κ3) is 5.26. The molecule has 0 spiro atoms. The molecule has 0 aliphatic heterocycles. The van der Waals surface area contributed by atoms with Crippen molar-refractivity contribution in [1.82, 2.24) is 4.57 Å². The predicted octanol–water partition coefficient (Wildman–Crippen LogP) is 14.0. The Hall–Kier alpha value is -6.64. The van der Waals surface area contributed by atoms with Crippen LogP contribution in [0.4, 0.5) is 17.1 Å². The highest BCUT2D eigenvalue weighted by Gasteiger charge is 2.38. The number of hydrogen-bond acceptors (Lipinski definition) is 1. The van der Waals surface area contributed by atoms with E-state index in [1.54, 1.807) is 0 Å². The number of benzene rings is 7. The van der Waals surface area contributed by atoms with Gasteiger partial charge in [-0.3, -0.25) is 0 Å². The monoisotopic (exact) mass is 680 g/mol. The smallest absolute Gasteiger partial charge is 0.0541 e. The number of aromatic nitrogens is 1. The largest absolute Gasteiger partial charge is 0.310 e. The van der Waals surface area contributed by atoms with E-state index in [-0.39, 0.29) is 5.41 Å². The van der Waals surface area contributed by atoms with Crippen molar-refractivity contribution in [2.75, 3.05) is 4.90 Å². The maximum absolute atomic E-state index is 4.04. The number of para-hydroxylation sites is 2. The molecule has 0 saturated carbocycles. The minimum absolute atomic E-state index is 0.169. The number of rotatable bonds is 8. The van der Waals surface area contributed by atoms with Gasteiger partial charge in [-0.05, 0) is 105 Å². The second kappa shape index (κ2) is 12.8. The summed E-state index contributed by atoms with van der Waals surface area (Å²) in [5, 5.41) is 2.50. The molecule has 1 aliphatic carbocycles. The average molecular weight is 681 g/mol. The lowest BCUT2D eigenvalue weighted by Gasteiger charge is -2.32. The van der Waals surface area contributed by atoms with Gasteiger partial charge in [0.2, 0.25) is 0 Å². The van der Waals surface area contributed by atoms with Crippen LogP contribution in [0, 0.1) is 0 Å². The fourth-order valence-corrected chi connectivity index (χ4v) is 8.46. The van der Waals surface area contributed by atoms with Crippen molar-refractivity contribution in [2.45, 2.75) is 19.3 Å². The molecule has 0 radical (unpaired) electrons. The van der Waals surface area contributed by atoms with Crippen molar-refractivity contribution in [1.29, 1.82) is 0 Å². The van der Waals surface area contributed by atoms with Crippen LogP contribution in [0.25, 0.3) is 55.3 Å². The molecule has 8 aromatic rings. The van der Waals surface area contributed by atoms with Crippen LogP contribution in [0.2, 0.25) is 0 Å². The normalized spacial score (nSPS) is 13.1. The highest BCUT2D eigenvalue weighted by Crippen LogP contribution is 2.54. The fourth-order valence-electron chi connectivity index (χ4n) is 8.46. The summed E-state index contributed by atoms with van der Waals surface area (Å²) in [7, 11) is 0. The highest BCUT2D eigenvalue weighted by atomic mass is 15.1. The molecule has 0 bridgehead atoms. The number of nitrogens with zero attached hydrogens (tertiary/aromatic N) is 2. The predicted molar refractivity (Wildman–Crippen MR) is 227 cm³/mol. The third-order valence-corrected chi connectivity index (χ3v) is 10.9. The van der Waals surface area contributed by atoms with E-state index >= 15 is 0 Å². The van der Waals surface area contributed by atoms with Crippen molar-refractivity contribution in [3.8, 4) is 27.9 Å². The van der Waals surface area contributed by atoms with Gasteiger partial charge in [0.25, 0.3) is 0 Å². The molecule has 1 heterocycles. The molecule has 2 nitrogen and oxygen atoms in total. The van der Waals surface area contributed by atoms with Crippen molar-refractivity contribution in [3.63, 3.8) is 0 Å². The Labute approximate surface area is 311 Å². The van der Waals surface area contributed by atoms with Crippen LogP contribution in [0.1, 0.15) is 30.5 Å². The van der Waals surface area contributed by atoms with Gasteiger partial charge in [-0.25, -0.2) is 0 Å². The number of anilines is 3. The van der Waals surface area contributed by atoms with E-state index in [0.29, 0.717) is 0 Å². The van der Waals surface area contributed by atoms with E-state index in [1.807, 2.05) is 18.2 Å². The Morgan fingerprint density at radius 2 is 1.23 bits per heavy atom. The molecule has 0 fully saturated rings. The van der Waals surface area contributed by atoms with Gasteiger partial charge >= 0.3 is 0 Å². The summed E-state index contributed by atoms with van der Waals surface area (Å²) in [6.07, 6.45) is 5.69. The second-order valence-corrected chi connectivity index (χ2v) is 14.3. The summed E-state index contributed by atoms with van der Waals surface area (Å²) < 4.78 is 2.37. The summed E-state index contributed by atoms with van der Waals surface area (Å²) in [5.74, 6) is 0. The van der Waals surface area contributed by atoms with E-state index in [1.165, 1.54) is 66.6 Å². The minimum atomic E-state index is -0.169. The standard InChI is InChI=1S/C51H40N2/c1-5-15-35(6-2)36-24-29-40(30-25-36)52(49-23-14-20-44-42-18-10-12-21-46(42)51(3,4)50(44)49)41-31-26-37(27-32-41)38-28-33-48-45(34-38)43-19-11-13-22-47(43)53(48)39-16-8-7-9-17-39/h5-34H,1-2H2,3-4H3/b35-15+. The van der Waals surface area contributed by atoms with Gasteiger partial charge in [0.15, 0.2) is 0 Å². The van der Waals surface area contributed by atoms with E-state index in [4.69, 9.17) is 0 Å². The zero-order valence-corrected chi connectivity index (χ0v) is 30.1. The molecule has 0 atom stereocenters. The average Bonchev–Trinajstić information content (AvgIpc) is 3.66. The van der Waals surface area contributed by atoms with Gasteiger partial charge in [-0.2, -0.15) is 0 Å². The molecule has 2 heteroatoms. The summed E-state index contributed by atoms with van der Waals surface area (Å²) >= 11 is 0.